The van der Waals surface area contributed by atoms with E-state index in [1.807, 2.05) is 24.4 Å². The average molecular weight is 242 g/mol. The lowest BCUT2D eigenvalue weighted by atomic mass is 9.88. The smallest absolute Gasteiger partial charge is 0.0702 e. The first kappa shape index (κ1) is 11.6. The van der Waals surface area contributed by atoms with Gasteiger partial charge in [-0.05, 0) is 36.5 Å². The van der Waals surface area contributed by atoms with Gasteiger partial charge in [-0.2, -0.15) is 0 Å². The third-order valence-corrected chi connectivity index (χ3v) is 3.77. The lowest BCUT2D eigenvalue weighted by Gasteiger charge is -2.27. The molecule has 3 heteroatoms. The van der Waals surface area contributed by atoms with E-state index < -0.39 is 0 Å². The van der Waals surface area contributed by atoms with Gasteiger partial charge in [0, 0.05) is 30.8 Å². The van der Waals surface area contributed by atoms with Crippen LogP contribution in [0.4, 0.5) is 0 Å². The van der Waals surface area contributed by atoms with Crippen LogP contribution in [0, 0.1) is 5.92 Å². The Balaban J connectivity index is 1.88. The molecule has 2 N–H and O–H groups in total. The summed E-state index contributed by atoms with van der Waals surface area (Å²) in [5, 5.41) is 1.16. The highest BCUT2D eigenvalue weighted by molar-refractivity contribution is 5.78. The van der Waals surface area contributed by atoms with Gasteiger partial charge in [-0.25, -0.2) is 0 Å². The summed E-state index contributed by atoms with van der Waals surface area (Å²) in [5.41, 5.74) is 8.53. The van der Waals surface area contributed by atoms with Gasteiger partial charge < -0.3 is 10.5 Å². The Bertz CT molecular complexity index is 535. The maximum absolute atomic E-state index is 6.37. The van der Waals surface area contributed by atoms with Crippen LogP contribution >= 0.6 is 0 Å². The van der Waals surface area contributed by atoms with Crippen molar-refractivity contribution in [3.8, 4) is 0 Å². The molecule has 0 bridgehead atoms. The van der Waals surface area contributed by atoms with Crippen molar-refractivity contribution in [3.05, 3.63) is 42.1 Å². The second-order valence-corrected chi connectivity index (χ2v) is 4.94. The monoisotopic (exact) mass is 242 g/mol. The van der Waals surface area contributed by atoms with Gasteiger partial charge in [0.05, 0.1) is 5.52 Å². The third kappa shape index (κ3) is 2.24. The van der Waals surface area contributed by atoms with E-state index in [9.17, 15) is 0 Å². The Morgan fingerprint density at radius 1 is 1.22 bits per heavy atom. The molecule has 0 radical (unpaired) electrons. The number of aromatic nitrogens is 1. The molecule has 1 aliphatic rings. The first-order valence-corrected chi connectivity index (χ1v) is 6.52. The van der Waals surface area contributed by atoms with E-state index in [4.69, 9.17) is 10.5 Å². The summed E-state index contributed by atoms with van der Waals surface area (Å²) < 4.78 is 5.38. The molecule has 0 aliphatic carbocycles. The van der Waals surface area contributed by atoms with E-state index in [0.29, 0.717) is 5.92 Å². The summed E-state index contributed by atoms with van der Waals surface area (Å²) in [6.07, 6.45) is 4.02. The van der Waals surface area contributed by atoms with E-state index >= 15 is 0 Å². The molecule has 1 saturated heterocycles. The standard InChI is InChI=1S/C15H18N2O/c16-15(11-5-7-18-8-6-11)13-9-12-3-1-2-4-14(12)17-10-13/h1-4,9-11,15H,5-8,16H2. The Labute approximate surface area is 107 Å². The molecule has 3 nitrogen and oxygen atoms in total. The molecule has 18 heavy (non-hydrogen) atoms. The largest absolute Gasteiger partial charge is 0.381 e. The van der Waals surface area contributed by atoms with Gasteiger partial charge in [-0.15, -0.1) is 0 Å². The molecule has 1 unspecified atom stereocenters. The first-order valence-electron chi connectivity index (χ1n) is 6.52. The Morgan fingerprint density at radius 3 is 2.83 bits per heavy atom. The zero-order valence-electron chi connectivity index (χ0n) is 10.4. The summed E-state index contributed by atoms with van der Waals surface area (Å²) in [5.74, 6) is 0.515. The number of hydrogen-bond donors (Lipinski definition) is 1. The second kappa shape index (κ2) is 5.04. The van der Waals surface area contributed by atoms with E-state index in [1.165, 1.54) is 0 Å². The van der Waals surface area contributed by atoms with Crippen molar-refractivity contribution in [2.45, 2.75) is 18.9 Å². The van der Waals surface area contributed by atoms with Crippen LogP contribution < -0.4 is 5.73 Å². The van der Waals surface area contributed by atoms with Gasteiger partial charge in [0.1, 0.15) is 0 Å². The highest BCUT2D eigenvalue weighted by Crippen LogP contribution is 2.28. The van der Waals surface area contributed by atoms with Crippen molar-refractivity contribution in [3.63, 3.8) is 0 Å². The number of nitrogens with two attached hydrogens (primary N) is 1. The number of benzene rings is 1. The molecule has 0 spiro atoms. The minimum Gasteiger partial charge on any atom is -0.381 e. The fourth-order valence-electron chi connectivity index (χ4n) is 2.62. The average Bonchev–Trinajstić information content (AvgIpc) is 2.47. The number of hydrogen-bond acceptors (Lipinski definition) is 3. The number of para-hydroxylation sites is 1. The van der Waals surface area contributed by atoms with Crippen molar-refractivity contribution in [1.29, 1.82) is 0 Å². The number of ether oxygens (including phenoxy) is 1. The molecule has 1 aromatic heterocycles. The fraction of sp³-hybridized carbons (Fsp3) is 0.400. The maximum atomic E-state index is 6.37. The summed E-state index contributed by atoms with van der Waals surface area (Å²) in [6.45, 7) is 1.67. The number of pyridine rings is 1. The summed E-state index contributed by atoms with van der Waals surface area (Å²) in [7, 11) is 0. The third-order valence-electron chi connectivity index (χ3n) is 3.77. The topological polar surface area (TPSA) is 48.1 Å². The Kier molecular flexibility index (Phi) is 3.26. The van der Waals surface area contributed by atoms with Crippen molar-refractivity contribution in [2.75, 3.05) is 13.2 Å². The molecule has 0 saturated carbocycles. The van der Waals surface area contributed by atoms with Gasteiger partial charge >= 0.3 is 0 Å². The molecule has 1 aromatic carbocycles. The lowest BCUT2D eigenvalue weighted by molar-refractivity contribution is 0.0583. The van der Waals surface area contributed by atoms with Crippen LogP contribution in [-0.2, 0) is 4.74 Å². The Morgan fingerprint density at radius 2 is 2.00 bits per heavy atom. The van der Waals surface area contributed by atoms with Crippen molar-refractivity contribution in [2.24, 2.45) is 11.7 Å². The van der Waals surface area contributed by atoms with E-state index in [2.05, 4.69) is 17.1 Å². The van der Waals surface area contributed by atoms with Crippen LogP contribution in [0.1, 0.15) is 24.4 Å². The van der Waals surface area contributed by atoms with E-state index in [-0.39, 0.29) is 6.04 Å². The second-order valence-electron chi connectivity index (χ2n) is 4.94. The molecule has 2 aromatic rings. The number of nitrogens with zero attached hydrogens (tertiary/aromatic N) is 1. The predicted molar refractivity (Wildman–Crippen MR) is 72.2 cm³/mol. The molecule has 94 valence electrons. The minimum absolute atomic E-state index is 0.0750. The lowest BCUT2D eigenvalue weighted by Crippen LogP contribution is -2.27. The zero-order chi connectivity index (χ0) is 12.4. The molecule has 1 atom stereocenters. The van der Waals surface area contributed by atoms with Crippen LogP contribution in [0.15, 0.2) is 36.5 Å². The summed E-state index contributed by atoms with van der Waals surface area (Å²) in [6, 6.07) is 10.4. The highest BCUT2D eigenvalue weighted by Gasteiger charge is 2.22. The predicted octanol–water partition coefficient (Wildman–Crippen LogP) is 2.66. The molecule has 2 heterocycles. The van der Waals surface area contributed by atoms with Crippen molar-refractivity contribution >= 4 is 10.9 Å². The quantitative estimate of drug-likeness (QED) is 0.880. The van der Waals surface area contributed by atoms with Crippen LogP contribution in [0.2, 0.25) is 0 Å². The molecule has 1 fully saturated rings. The SMILES string of the molecule is NC(c1cnc2ccccc2c1)C1CCOCC1. The summed E-state index contributed by atoms with van der Waals surface area (Å²) >= 11 is 0. The van der Waals surface area contributed by atoms with Gasteiger partial charge in [-0.3, -0.25) is 4.98 Å². The molecule has 0 amide bonds. The normalized spacial score (nSPS) is 18.9. The van der Waals surface area contributed by atoms with Crippen molar-refractivity contribution in [1.82, 2.24) is 4.98 Å². The molecule has 3 rings (SSSR count). The minimum atomic E-state index is 0.0750. The number of fused-ring (bicyclic) bond motifs is 1. The Hall–Kier alpha value is -1.45. The van der Waals surface area contributed by atoms with Crippen LogP contribution in [0.25, 0.3) is 10.9 Å². The highest BCUT2D eigenvalue weighted by atomic mass is 16.5. The molecular formula is C15H18N2O. The maximum Gasteiger partial charge on any atom is 0.0702 e. The van der Waals surface area contributed by atoms with Crippen LogP contribution in [0.3, 0.4) is 0 Å². The van der Waals surface area contributed by atoms with E-state index in [1.54, 1.807) is 0 Å². The van der Waals surface area contributed by atoms with Gasteiger partial charge in [0.15, 0.2) is 0 Å². The van der Waals surface area contributed by atoms with Gasteiger partial charge in [-0.1, -0.05) is 18.2 Å². The van der Waals surface area contributed by atoms with Gasteiger partial charge in [0.2, 0.25) is 0 Å². The van der Waals surface area contributed by atoms with E-state index in [0.717, 1.165) is 42.5 Å². The molecular weight excluding hydrogens is 224 g/mol. The summed E-state index contributed by atoms with van der Waals surface area (Å²) in [4.78, 5) is 4.49. The van der Waals surface area contributed by atoms with Gasteiger partial charge in [0.25, 0.3) is 0 Å². The zero-order valence-corrected chi connectivity index (χ0v) is 10.4. The fourth-order valence-corrected chi connectivity index (χ4v) is 2.62. The van der Waals surface area contributed by atoms with Crippen LogP contribution in [0.5, 0.6) is 0 Å². The molecule has 1 aliphatic heterocycles. The first-order chi connectivity index (χ1) is 8.84. The van der Waals surface area contributed by atoms with Crippen LogP contribution in [-0.4, -0.2) is 18.2 Å². The van der Waals surface area contributed by atoms with Crippen molar-refractivity contribution < 1.29 is 4.74 Å². The number of rotatable bonds is 2.